The average Bonchev–Trinajstić information content (AvgIpc) is 2.04. The average molecular weight is 166 g/mol. The zero-order valence-corrected chi connectivity index (χ0v) is 6.54. The summed E-state index contributed by atoms with van der Waals surface area (Å²) in [7, 11) is 0. The van der Waals surface area contributed by atoms with Gasteiger partial charge in [0, 0.05) is 16.4 Å². The first-order chi connectivity index (χ1) is 5.36. The lowest BCUT2D eigenvalue weighted by atomic mass is 10.3. The fourth-order valence-corrected chi connectivity index (χ4v) is 1.19. The molecule has 1 aliphatic rings. The predicted octanol–water partition coefficient (Wildman–Crippen LogP) is 0.273. The monoisotopic (exact) mass is 165 g/mol. The van der Waals surface area contributed by atoms with Crippen molar-refractivity contribution in [3.63, 3.8) is 0 Å². The highest BCUT2D eigenvalue weighted by Crippen LogP contribution is 1.99. The molecule has 0 aromatic heterocycles. The molecule has 0 atom stereocenters. The van der Waals surface area contributed by atoms with E-state index < -0.39 is 0 Å². The predicted molar refractivity (Wildman–Crippen MR) is 43.7 cm³/mol. The van der Waals surface area contributed by atoms with Crippen LogP contribution in [-0.4, -0.2) is 6.67 Å². The summed E-state index contributed by atoms with van der Waals surface area (Å²) in [5.74, 6) is 0. The zero-order valence-electron chi connectivity index (χ0n) is 5.79. The molecule has 2 nitrogen and oxygen atoms in total. The van der Waals surface area contributed by atoms with E-state index in [1.807, 2.05) is 24.4 Å². The number of benzene rings is 1. The van der Waals surface area contributed by atoms with Crippen molar-refractivity contribution in [1.29, 1.82) is 0 Å². The second kappa shape index (κ2) is 2.55. The number of rotatable bonds is 0. The van der Waals surface area contributed by atoms with Gasteiger partial charge in [0.15, 0.2) is 0 Å². The van der Waals surface area contributed by atoms with Crippen molar-refractivity contribution in [2.24, 2.45) is 4.99 Å². The van der Waals surface area contributed by atoms with Crippen LogP contribution in [0, 0.1) is 0 Å². The van der Waals surface area contributed by atoms with Crippen molar-refractivity contribution in [2.45, 2.75) is 0 Å². The van der Waals surface area contributed by atoms with Crippen molar-refractivity contribution < 1.29 is 0 Å². The van der Waals surface area contributed by atoms with Gasteiger partial charge in [0.05, 0.1) is 5.36 Å². The summed E-state index contributed by atoms with van der Waals surface area (Å²) in [6.07, 6.45) is 1.82. The summed E-state index contributed by atoms with van der Waals surface area (Å²) < 4.78 is 0. The molecular formula is C8H6ClN2. The molecule has 0 amide bonds. The molecule has 0 bridgehead atoms. The van der Waals surface area contributed by atoms with Gasteiger partial charge < -0.3 is 0 Å². The van der Waals surface area contributed by atoms with Crippen LogP contribution in [0.5, 0.6) is 0 Å². The first kappa shape index (κ1) is 6.68. The van der Waals surface area contributed by atoms with Crippen LogP contribution in [0.3, 0.4) is 0 Å². The Bertz CT molecular complexity index is 384. The van der Waals surface area contributed by atoms with E-state index in [1.165, 1.54) is 0 Å². The Kier molecular flexibility index (Phi) is 1.55. The van der Waals surface area contributed by atoms with Crippen LogP contribution in [0.2, 0.25) is 5.02 Å². The highest BCUT2D eigenvalue weighted by molar-refractivity contribution is 6.30. The second-order valence-electron chi connectivity index (χ2n) is 2.31. The Morgan fingerprint density at radius 1 is 1.36 bits per heavy atom. The minimum atomic E-state index is 0.521. The molecule has 3 heteroatoms. The Labute approximate surface area is 69.2 Å². The molecule has 1 heterocycles. The Hall–Kier alpha value is -1.02. The molecule has 1 aliphatic heterocycles. The fraction of sp³-hybridized carbons (Fsp3) is 0.125. The van der Waals surface area contributed by atoms with Gasteiger partial charge in [-0.05, 0) is 18.2 Å². The lowest BCUT2D eigenvalue weighted by Crippen LogP contribution is -2.30. The van der Waals surface area contributed by atoms with Crippen LogP contribution in [0.25, 0.3) is 6.20 Å². The van der Waals surface area contributed by atoms with Crippen molar-refractivity contribution in [1.82, 2.24) is 5.32 Å². The maximum Gasteiger partial charge on any atom is 0.130 e. The van der Waals surface area contributed by atoms with E-state index in [9.17, 15) is 0 Å². The van der Waals surface area contributed by atoms with Crippen molar-refractivity contribution in [3.05, 3.63) is 33.8 Å². The van der Waals surface area contributed by atoms with Gasteiger partial charge in [-0.15, -0.1) is 0 Å². The Morgan fingerprint density at radius 3 is 3.18 bits per heavy atom. The van der Waals surface area contributed by atoms with Gasteiger partial charge in [-0.3, -0.25) is 10.3 Å². The van der Waals surface area contributed by atoms with Crippen molar-refractivity contribution in [3.8, 4) is 0 Å². The van der Waals surface area contributed by atoms with Gasteiger partial charge in [0.1, 0.15) is 6.67 Å². The van der Waals surface area contributed by atoms with E-state index in [2.05, 4.69) is 10.3 Å². The number of halogens is 1. The molecule has 0 unspecified atom stereocenters. The maximum atomic E-state index is 5.77. The minimum absolute atomic E-state index is 0.521. The SMILES string of the molecule is Clc1ccc2c(c1)=NC[N]C=2. The van der Waals surface area contributed by atoms with E-state index >= 15 is 0 Å². The van der Waals surface area contributed by atoms with Crippen LogP contribution in [0.4, 0.5) is 0 Å². The van der Waals surface area contributed by atoms with Gasteiger partial charge in [-0.25, -0.2) is 0 Å². The van der Waals surface area contributed by atoms with E-state index in [1.54, 1.807) is 0 Å². The summed E-state index contributed by atoms with van der Waals surface area (Å²) in [6, 6.07) is 5.61. The van der Waals surface area contributed by atoms with Crippen molar-refractivity contribution >= 4 is 17.8 Å². The highest BCUT2D eigenvalue weighted by atomic mass is 35.5. The first-order valence-electron chi connectivity index (χ1n) is 3.33. The van der Waals surface area contributed by atoms with E-state index in [0.29, 0.717) is 6.67 Å². The summed E-state index contributed by atoms with van der Waals surface area (Å²) in [4.78, 5) is 4.17. The van der Waals surface area contributed by atoms with Gasteiger partial charge in [-0.2, -0.15) is 0 Å². The van der Waals surface area contributed by atoms with Gasteiger partial charge in [0.25, 0.3) is 0 Å². The van der Waals surface area contributed by atoms with Gasteiger partial charge >= 0.3 is 0 Å². The van der Waals surface area contributed by atoms with Crippen LogP contribution in [0.1, 0.15) is 0 Å². The molecule has 11 heavy (non-hydrogen) atoms. The van der Waals surface area contributed by atoms with E-state index in [-0.39, 0.29) is 0 Å². The normalized spacial score (nSPS) is 13.9. The maximum absolute atomic E-state index is 5.77. The zero-order chi connectivity index (χ0) is 7.68. The van der Waals surface area contributed by atoms with Crippen LogP contribution < -0.4 is 15.9 Å². The lowest BCUT2D eigenvalue weighted by Gasteiger charge is -1.98. The van der Waals surface area contributed by atoms with E-state index in [0.717, 1.165) is 15.6 Å². The highest BCUT2D eigenvalue weighted by Gasteiger charge is 1.94. The van der Waals surface area contributed by atoms with Gasteiger partial charge in [0.2, 0.25) is 0 Å². The summed E-state index contributed by atoms with van der Waals surface area (Å²) in [5, 5.41) is 6.72. The summed E-state index contributed by atoms with van der Waals surface area (Å²) in [5.41, 5.74) is 0. The molecule has 0 N–H and O–H groups in total. The Morgan fingerprint density at radius 2 is 2.27 bits per heavy atom. The smallest absolute Gasteiger partial charge is 0.130 e. The summed E-state index contributed by atoms with van der Waals surface area (Å²) >= 11 is 5.77. The largest absolute Gasteiger partial charge is 0.269 e. The van der Waals surface area contributed by atoms with Crippen LogP contribution in [-0.2, 0) is 0 Å². The molecule has 1 aromatic rings. The van der Waals surface area contributed by atoms with E-state index in [4.69, 9.17) is 11.6 Å². The quantitative estimate of drug-likeness (QED) is 0.528. The number of hydrogen-bond acceptors (Lipinski definition) is 1. The third-order valence-corrected chi connectivity index (χ3v) is 1.78. The fourth-order valence-electron chi connectivity index (χ4n) is 1.02. The number of fused-ring (bicyclic) bond motifs is 1. The molecule has 0 spiro atoms. The third-order valence-electron chi connectivity index (χ3n) is 1.55. The molecule has 0 fully saturated rings. The molecule has 55 valence electrons. The molecule has 2 rings (SSSR count). The molecule has 1 radical (unpaired) electrons. The number of hydrogen-bond donors (Lipinski definition) is 0. The molecular weight excluding hydrogens is 160 g/mol. The number of nitrogens with zero attached hydrogens (tertiary/aromatic N) is 2. The minimum Gasteiger partial charge on any atom is -0.269 e. The molecule has 0 saturated heterocycles. The molecule has 0 saturated carbocycles. The third kappa shape index (κ3) is 1.21. The van der Waals surface area contributed by atoms with Gasteiger partial charge in [-0.1, -0.05) is 11.6 Å². The first-order valence-corrected chi connectivity index (χ1v) is 3.71. The Balaban J connectivity index is 2.80. The van der Waals surface area contributed by atoms with Crippen molar-refractivity contribution in [2.75, 3.05) is 6.67 Å². The summed E-state index contributed by atoms with van der Waals surface area (Å²) in [6.45, 7) is 0.521. The molecule has 0 aliphatic carbocycles. The standard InChI is InChI=1S/C8H6ClN2/c9-7-2-1-6-4-10-5-11-8(6)3-7/h1-4H,5H2. The second-order valence-corrected chi connectivity index (χ2v) is 2.75. The molecule has 1 aromatic carbocycles. The van der Waals surface area contributed by atoms with Crippen LogP contribution >= 0.6 is 11.6 Å². The van der Waals surface area contributed by atoms with Crippen LogP contribution in [0.15, 0.2) is 23.2 Å². The lowest BCUT2D eigenvalue weighted by molar-refractivity contribution is 0.854. The topological polar surface area (TPSA) is 26.5 Å².